The van der Waals surface area contributed by atoms with Gasteiger partial charge in [0.15, 0.2) is 5.84 Å². The van der Waals surface area contributed by atoms with Crippen molar-refractivity contribution in [3.05, 3.63) is 180 Å². The molecule has 4 nitrogen and oxygen atoms in total. The van der Waals surface area contributed by atoms with Gasteiger partial charge in [0.1, 0.15) is 17.0 Å². The lowest BCUT2D eigenvalue weighted by Crippen LogP contribution is -2.16. The molecule has 0 saturated carbocycles. The number of fused-ring (bicyclic) bond motifs is 9. The van der Waals surface area contributed by atoms with Crippen LogP contribution in [0.15, 0.2) is 178 Å². The molecule has 0 saturated heterocycles. The van der Waals surface area contributed by atoms with Crippen molar-refractivity contribution in [1.82, 2.24) is 0 Å². The van der Waals surface area contributed by atoms with Crippen molar-refractivity contribution < 1.29 is 4.42 Å². The Balaban J connectivity index is 1.13. The largest absolute Gasteiger partial charge is 0.456 e. The van der Waals surface area contributed by atoms with Gasteiger partial charge in [-0.2, -0.15) is 0 Å². The lowest BCUT2D eigenvalue weighted by molar-refractivity contribution is 0.663. The number of rotatable bonds is 5. The summed E-state index contributed by atoms with van der Waals surface area (Å²) in [5, 5.41) is 9.77. The highest BCUT2D eigenvalue weighted by atomic mass is 16.3. The van der Waals surface area contributed by atoms with E-state index in [-0.39, 0.29) is 0 Å². The molecule has 4 heteroatoms. The molecule has 232 valence electrons. The highest BCUT2D eigenvalue weighted by molar-refractivity contribution is 6.25. The van der Waals surface area contributed by atoms with Crippen molar-refractivity contribution in [2.24, 2.45) is 15.7 Å². The summed E-state index contributed by atoms with van der Waals surface area (Å²) in [4.78, 5) is 9.75. The standard InChI is InChI=1S/C45H31N3O/c46-44(29-12-3-1-4-13-29)48-45(30-14-5-2-6-15-30)47-28-33-16-11-21-39-41-27-32(23-25-42(41)49-43(33)39)31-22-24-38-36-19-8-7-17-34(36)35-18-9-10-20-37(35)40(38)26-31/h1-27H,28H2,(H2,46,47,48). The zero-order valence-corrected chi connectivity index (χ0v) is 26.7. The first kappa shape index (κ1) is 28.7. The molecule has 2 N–H and O–H groups in total. The zero-order chi connectivity index (χ0) is 32.7. The Morgan fingerprint density at radius 1 is 0.469 bits per heavy atom. The second kappa shape index (κ2) is 11.9. The van der Waals surface area contributed by atoms with E-state index in [1.54, 1.807) is 0 Å². The highest BCUT2D eigenvalue weighted by Crippen LogP contribution is 2.39. The Morgan fingerprint density at radius 2 is 1.00 bits per heavy atom. The summed E-state index contributed by atoms with van der Waals surface area (Å²) >= 11 is 0. The number of amidine groups is 2. The van der Waals surface area contributed by atoms with Crippen molar-refractivity contribution in [1.29, 1.82) is 0 Å². The molecule has 1 heterocycles. The third-order valence-electron chi connectivity index (χ3n) is 9.38. The van der Waals surface area contributed by atoms with Crippen LogP contribution in [0, 0.1) is 0 Å². The SMILES string of the molecule is NC(=NC(=NCc1cccc2c1oc1ccc(-c3ccc4c5ccccc5c5ccccc5c4c3)cc12)c1ccccc1)c1ccccc1. The first-order valence-corrected chi connectivity index (χ1v) is 16.5. The van der Waals surface area contributed by atoms with E-state index in [9.17, 15) is 0 Å². The highest BCUT2D eigenvalue weighted by Gasteiger charge is 2.14. The van der Waals surface area contributed by atoms with E-state index in [1.165, 1.54) is 37.9 Å². The smallest absolute Gasteiger partial charge is 0.157 e. The van der Waals surface area contributed by atoms with E-state index < -0.39 is 0 Å². The van der Waals surface area contributed by atoms with Crippen molar-refractivity contribution in [3.63, 3.8) is 0 Å². The predicted octanol–water partition coefficient (Wildman–Crippen LogP) is 11.1. The van der Waals surface area contributed by atoms with Gasteiger partial charge in [0.25, 0.3) is 0 Å². The topological polar surface area (TPSA) is 63.9 Å². The fraction of sp³-hybridized carbons (Fsp3) is 0.0222. The minimum Gasteiger partial charge on any atom is -0.456 e. The van der Waals surface area contributed by atoms with Crippen LogP contribution in [0.25, 0.3) is 65.4 Å². The van der Waals surface area contributed by atoms with E-state index in [0.717, 1.165) is 44.2 Å². The van der Waals surface area contributed by atoms with Gasteiger partial charge in [-0.3, -0.25) is 4.99 Å². The molecule has 0 aliphatic carbocycles. The molecule has 0 radical (unpaired) electrons. The van der Waals surface area contributed by atoms with Crippen LogP contribution in [-0.4, -0.2) is 11.7 Å². The molecule has 1 aromatic heterocycles. The van der Waals surface area contributed by atoms with E-state index in [0.29, 0.717) is 18.2 Å². The fourth-order valence-electron chi connectivity index (χ4n) is 6.97. The Bertz CT molecular complexity index is 2710. The summed E-state index contributed by atoms with van der Waals surface area (Å²) in [6.45, 7) is 0.394. The minimum atomic E-state index is 0.394. The Hall–Kier alpha value is -6.52. The summed E-state index contributed by atoms with van der Waals surface area (Å²) < 4.78 is 6.51. The van der Waals surface area contributed by atoms with Gasteiger partial charge in [0, 0.05) is 27.5 Å². The Kier molecular flexibility index (Phi) is 6.98. The summed E-state index contributed by atoms with van der Waals surface area (Å²) in [6.07, 6.45) is 0. The first-order chi connectivity index (χ1) is 24.2. The van der Waals surface area contributed by atoms with Crippen LogP contribution < -0.4 is 5.73 Å². The fourth-order valence-corrected chi connectivity index (χ4v) is 6.97. The maximum absolute atomic E-state index is 6.51. The zero-order valence-electron chi connectivity index (χ0n) is 26.7. The molecule has 9 aromatic rings. The summed E-state index contributed by atoms with van der Waals surface area (Å²) in [6, 6.07) is 56.7. The number of nitrogens with two attached hydrogens (primary N) is 1. The van der Waals surface area contributed by atoms with Crippen molar-refractivity contribution in [2.75, 3.05) is 0 Å². The van der Waals surface area contributed by atoms with Gasteiger partial charge in [-0.05, 0) is 61.6 Å². The maximum atomic E-state index is 6.51. The molecule has 9 rings (SSSR count). The molecule has 0 bridgehead atoms. The van der Waals surface area contributed by atoms with Crippen molar-refractivity contribution >= 4 is 65.9 Å². The second-order valence-electron chi connectivity index (χ2n) is 12.3. The van der Waals surface area contributed by atoms with Crippen LogP contribution in [0.1, 0.15) is 16.7 Å². The third kappa shape index (κ3) is 5.11. The van der Waals surface area contributed by atoms with E-state index >= 15 is 0 Å². The number of furan rings is 1. The third-order valence-corrected chi connectivity index (χ3v) is 9.38. The number of hydrogen-bond donors (Lipinski definition) is 1. The molecular weight excluding hydrogens is 599 g/mol. The molecule has 0 fully saturated rings. The van der Waals surface area contributed by atoms with Crippen LogP contribution in [-0.2, 0) is 6.54 Å². The lowest BCUT2D eigenvalue weighted by atomic mass is 9.92. The number of para-hydroxylation sites is 1. The first-order valence-electron chi connectivity index (χ1n) is 16.5. The molecule has 0 aliphatic heterocycles. The number of benzene rings is 8. The van der Waals surface area contributed by atoms with Crippen LogP contribution in [0.3, 0.4) is 0 Å². The van der Waals surface area contributed by atoms with Crippen molar-refractivity contribution in [2.45, 2.75) is 6.54 Å². The van der Waals surface area contributed by atoms with Gasteiger partial charge in [-0.15, -0.1) is 0 Å². The lowest BCUT2D eigenvalue weighted by Gasteiger charge is -2.12. The maximum Gasteiger partial charge on any atom is 0.157 e. The van der Waals surface area contributed by atoms with Gasteiger partial charge in [0.05, 0.1) is 6.54 Å². The molecule has 0 amide bonds. The molecule has 0 unspecified atom stereocenters. The van der Waals surface area contributed by atoms with Gasteiger partial charge >= 0.3 is 0 Å². The van der Waals surface area contributed by atoms with Crippen LogP contribution in [0.4, 0.5) is 0 Å². The minimum absolute atomic E-state index is 0.394. The number of aliphatic imine (C=N–C) groups is 2. The quantitative estimate of drug-likeness (QED) is 0.117. The summed E-state index contributed by atoms with van der Waals surface area (Å²) in [5.41, 5.74) is 13.2. The van der Waals surface area contributed by atoms with Crippen LogP contribution in [0.2, 0.25) is 0 Å². The van der Waals surface area contributed by atoms with Crippen LogP contribution in [0.5, 0.6) is 0 Å². The van der Waals surface area contributed by atoms with Gasteiger partial charge in [-0.25, -0.2) is 4.99 Å². The average molecular weight is 630 g/mol. The van der Waals surface area contributed by atoms with E-state index in [4.69, 9.17) is 20.1 Å². The van der Waals surface area contributed by atoms with E-state index in [1.807, 2.05) is 60.7 Å². The van der Waals surface area contributed by atoms with E-state index in [2.05, 4.69) is 103 Å². The molecule has 0 spiro atoms. The molecule has 8 aromatic carbocycles. The Labute approximate surface area is 283 Å². The van der Waals surface area contributed by atoms with Gasteiger partial charge in [-0.1, -0.05) is 146 Å². The second-order valence-corrected chi connectivity index (χ2v) is 12.3. The summed E-state index contributed by atoms with van der Waals surface area (Å²) in [7, 11) is 0. The molecule has 0 aliphatic rings. The molecule has 0 atom stereocenters. The predicted molar refractivity (Wildman–Crippen MR) is 206 cm³/mol. The van der Waals surface area contributed by atoms with Gasteiger partial charge in [0.2, 0.25) is 0 Å². The molecular formula is C45H31N3O. The normalized spacial score (nSPS) is 12.5. The Morgan fingerprint density at radius 3 is 1.67 bits per heavy atom. The number of hydrogen-bond acceptors (Lipinski definition) is 2. The monoisotopic (exact) mass is 629 g/mol. The van der Waals surface area contributed by atoms with Gasteiger partial charge < -0.3 is 10.2 Å². The average Bonchev–Trinajstić information content (AvgIpc) is 3.56. The van der Waals surface area contributed by atoms with Crippen molar-refractivity contribution in [3.8, 4) is 11.1 Å². The summed E-state index contributed by atoms with van der Waals surface area (Å²) in [5.74, 6) is 1.00. The van der Waals surface area contributed by atoms with Crippen LogP contribution >= 0.6 is 0 Å². The molecule has 49 heavy (non-hydrogen) atoms. The number of nitrogens with zero attached hydrogens (tertiary/aromatic N) is 2.